The maximum atomic E-state index is 11.3. The van der Waals surface area contributed by atoms with Crippen LogP contribution in [0.5, 0.6) is 5.75 Å². The molecule has 0 amide bonds. The number of carbonyl (C=O) groups is 2. The molecule has 0 bridgehead atoms. The molecule has 0 aliphatic rings. The maximum Gasteiger partial charge on any atom is 0.330 e. The first kappa shape index (κ1) is 26.2. The molecular weight excluding hydrogens is 452 g/mol. The fourth-order valence-corrected chi connectivity index (χ4v) is 3.56. The van der Waals surface area contributed by atoms with Crippen LogP contribution in [0.4, 0.5) is 0 Å². The molecule has 3 rings (SSSR count). The summed E-state index contributed by atoms with van der Waals surface area (Å²) in [5, 5.41) is 0. The predicted octanol–water partition coefficient (Wildman–Crippen LogP) is 6.43. The number of carbonyl (C=O) groups excluding carboxylic acids is 2. The Bertz CT molecular complexity index is 1210. The fourth-order valence-electron chi connectivity index (χ4n) is 3.56. The molecule has 0 radical (unpaired) electrons. The van der Waals surface area contributed by atoms with Gasteiger partial charge < -0.3 is 14.2 Å². The Kier molecular flexibility index (Phi) is 9.83. The number of hydrogen-bond acceptors (Lipinski definition) is 5. The molecule has 0 saturated heterocycles. The number of benzene rings is 3. The molecule has 36 heavy (non-hydrogen) atoms. The van der Waals surface area contributed by atoms with Gasteiger partial charge in [0.15, 0.2) is 0 Å². The van der Waals surface area contributed by atoms with E-state index in [9.17, 15) is 9.59 Å². The maximum absolute atomic E-state index is 11.3. The second kappa shape index (κ2) is 13.5. The molecule has 5 nitrogen and oxygen atoms in total. The van der Waals surface area contributed by atoms with Crippen molar-refractivity contribution in [3.8, 4) is 28.0 Å². The topological polar surface area (TPSA) is 61.8 Å². The van der Waals surface area contributed by atoms with E-state index in [-0.39, 0.29) is 13.2 Å². The SMILES string of the molecule is C=CC(=O)OCCCc1ccc(-c2cc(OCCOC(=O)C=C)cc(-c3ccc(C=C)cc3)c2)cc1. The van der Waals surface area contributed by atoms with Crippen LogP contribution < -0.4 is 4.74 Å². The molecule has 0 aliphatic carbocycles. The largest absolute Gasteiger partial charge is 0.490 e. The van der Waals surface area contributed by atoms with Gasteiger partial charge in [-0.1, -0.05) is 74.3 Å². The highest BCUT2D eigenvalue weighted by atomic mass is 16.6. The molecule has 0 atom stereocenters. The van der Waals surface area contributed by atoms with E-state index in [1.54, 1.807) is 0 Å². The summed E-state index contributed by atoms with van der Waals surface area (Å²) < 4.78 is 16.0. The van der Waals surface area contributed by atoms with Crippen molar-refractivity contribution >= 4 is 18.0 Å². The van der Waals surface area contributed by atoms with Crippen LogP contribution >= 0.6 is 0 Å². The zero-order chi connectivity index (χ0) is 25.8. The zero-order valence-electron chi connectivity index (χ0n) is 20.3. The smallest absolute Gasteiger partial charge is 0.330 e. The summed E-state index contributed by atoms with van der Waals surface area (Å²) in [5.41, 5.74) is 6.31. The van der Waals surface area contributed by atoms with Crippen molar-refractivity contribution in [2.45, 2.75) is 12.8 Å². The first-order valence-electron chi connectivity index (χ1n) is 11.7. The third-order valence-electron chi connectivity index (χ3n) is 5.46. The van der Waals surface area contributed by atoms with E-state index in [2.05, 4.69) is 50.1 Å². The molecule has 0 saturated carbocycles. The predicted molar refractivity (Wildman–Crippen MR) is 144 cm³/mol. The summed E-state index contributed by atoms with van der Waals surface area (Å²) in [5.74, 6) is -0.200. The summed E-state index contributed by atoms with van der Waals surface area (Å²) in [4.78, 5) is 22.4. The number of ether oxygens (including phenoxy) is 3. The van der Waals surface area contributed by atoms with Crippen LogP contribution in [0.25, 0.3) is 28.3 Å². The van der Waals surface area contributed by atoms with Crippen LogP contribution in [0, 0.1) is 0 Å². The monoisotopic (exact) mass is 482 g/mol. The molecule has 0 spiro atoms. The first-order chi connectivity index (χ1) is 17.5. The average molecular weight is 483 g/mol. The molecule has 0 unspecified atom stereocenters. The van der Waals surface area contributed by atoms with Crippen molar-refractivity contribution in [3.05, 3.63) is 110 Å². The van der Waals surface area contributed by atoms with E-state index in [4.69, 9.17) is 14.2 Å². The average Bonchev–Trinajstić information content (AvgIpc) is 2.93. The molecule has 0 fully saturated rings. The highest BCUT2D eigenvalue weighted by molar-refractivity contribution is 5.81. The van der Waals surface area contributed by atoms with Gasteiger partial charge in [0, 0.05) is 12.2 Å². The van der Waals surface area contributed by atoms with Gasteiger partial charge in [0.1, 0.15) is 19.0 Å². The molecule has 0 N–H and O–H groups in total. The van der Waals surface area contributed by atoms with E-state index in [0.29, 0.717) is 12.4 Å². The normalized spacial score (nSPS) is 10.2. The molecule has 0 aromatic heterocycles. The van der Waals surface area contributed by atoms with Crippen LogP contribution in [0.15, 0.2) is 98.6 Å². The van der Waals surface area contributed by atoms with Gasteiger partial charge in [-0.05, 0) is 64.4 Å². The molecule has 0 aliphatic heterocycles. The third-order valence-corrected chi connectivity index (χ3v) is 5.46. The summed E-state index contributed by atoms with van der Waals surface area (Å²) >= 11 is 0. The third kappa shape index (κ3) is 7.84. The molecular formula is C31H30O5. The van der Waals surface area contributed by atoms with E-state index in [1.165, 1.54) is 6.08 Å². The standard InChI is InChI=1S/C31H30O5/c1-4-23-9-13-25(14-10-23)27-20-28(22-29(21-27)34-18-19-36-31(33)6-3)26-15-11-24(12-16-26)8-7-17-35-30(32)5-2/h4-6,9-16,20-22H,1-3,7-8,17-19H2. The Morgan fingerprint density at radius 1 is 0.667 bits per heavy atom. The van der Waals surface area contributed by atoms with Gasteiger partial charge in [0.25, 0.3) is 0 Å². The Hall–Kier alpha value is -4.38. The van der Waals surface area contributed by atoms with Gasteiger partial charge in [-0.25, -0.2) is 9.59 Å². The van der Waals surface area contributed by atoms with Gasteiger partial charge in [0.05, 0.1) is 6.61 Å². The quantitative estimate of drug-likeness (QED) is 0.160. The van der Waals surface area contributed by atoms with Crippen molar-refractivity contribution in [1.82, 2.24) is 0 Å². The highest BCUT2D eigenvalue weighted by Crippen LogP contribution is 2.32. The lowest BCUT2D eigenvalue weighted by Gasteiger charge is -2.13. The van der Waals surface area contributed by atoms with E-state index in [0.717, 1.165) is 52.3 Å². The number of aryl methyl sites for hydroxylation is 1. The Labute approximate surface area is 212 Å². The van der Waals surface area contributed by atoms with Gasteiger partial charge >= 0.3 is 11.9 Å². The summed E-state index contributed by atoms with van der Waals surface area (Å²) in [7, 11) is 0. The fraction of sp³-hybridized carbons (Fsp3) is 0.161. The second-order valence-electron chi connectivity index (χ2n) is 7.96. The van der Waals surface area contributed by atoms with E-state index in [1.807, 2.05) is 42.5 Å². The lowest BCUT2D eigenvalue weighted by atomic mass is 9.97. The lowest BCUT2D eigenvalue weighted by molar-refractivity contribution is -0.139. The summed E-state index contributed by atoms with van der Waals surface area (Å²) in [6.45, 7) is 11.3. The van der Waals surface area contributed by atoms with Gasteiger partial charge in [-0.2, -0.15) is 0 Å². The minimum absolute atomic E-state index is 0.134. The van der Waals surface area contributed by atoms with Gasteiger partial charge in [-0.15, -0.1) is 0 Å². The molecule has 3 aromatic carbocycles. The first-order valence-corrected chi connectivity index (χ1v) is 11.7. The van der Waals surface area contributed by atoms with Gasteiger partial charge in [-0.3, -0.25) is 0 Å². The van der Waals surface area contributed by atoms with Crippen molar-refractivity contribution in [3.63, 3.8) is 0 Å². The minimum Gasteiger partial charge on any atom is -0.490 e. The second-order valence-corrected chi connectivity index (χ2v) is 7.96. The number of rotatable bonds is 13. The van der Waals surface area contributed by atoms with Crippen LogP contribution in [-0.2, 0) is 25.5 Å². The molecule has 0 heterocycles. The summed E-state index contributed by atoms with van der Waals surface area (Å²) in [6, 6.07) is 22.5. The summed E-state index contributed by atoms with van der Waals surface area (Å²) in [6.07, 6.45) is 5.65. The molecule has 3 aromatic rings. The van der Waals surface area contributed by atoms with Crippen molar-refractivity contribution in [2.24, 2.45) is 0 Å². The highest BCUT2D eigenvalue weighted by Gasteiger charge is 2.08. The zero-order valence-corrected chi connectivity index (χ0v) is 20.3. The van der Waals surface area contributed by atoms with E-state index < -0.39 is 11.9 Å². The van der Waals surface area contributed by atoms with Crippen molar-refractivity contribution in [2.75, 3.05) is 19.8 Å². The van der Waals surface area contributed by atoms with Crippen molar-refractivity contribution in [1.29, 1.82) is 0 Å². The Morgan fingerprint density at radius 3 is 1.78 bits per heavy atom. The molecule has 184 valence electrons. The minimum atomic E-state index is -0.477. The van der Waals surface area contributed by atoms with Crippen molar-refractivity contribution < 1.29 is 23.8 Å². The molecule has 5 heteroatoms. The number of esters is 2. The Morgan fingerprint density at radius 2 is 1.22 bits per heavy atom. The lowest BCUT2D eigenvalue weighted by Crippen LogP contribution is -2.10. The number of hydrogen-bond donors (Lipinski definition) is 0. The van der Waals surface area contributed by atoms with E-state index >= 15 is 0 Å². The van der Waals surface area contributed by atoms with Gasteiger partial charge in [0.2, 0.25) is 0 Å². The Balaban J connectivity index is 1.78. The van der Waals surface area contributed by atoms with Crippen LogP contribution in [0.2, 0.25) is 0 Å². The van der Waals surface area contributed by atoms with Crippen LogP contribution in [-0.4, -0.2) is 31.8 Å². The van der Waals surface area contributed by atoms with Crippen LogP contribution in [0.1, 0.15) is 17.5 Å². The van der Waals surface area contributed by atoms with Crippen LogP contribution in [0.3, 0.4) is 0 Å².